The van der Waals surface area contributed by atoms with Gasteiger partial charge in [-0.1, -0.05) is 6.07 Å². The van der Waals surface area contributed by atoms with Crippen LogP contribution in [0.5, 0.6) is 5.75 Å². The van der Waals surface area contributed by atoms with Gasteiger partial charge in [-0.05, 0) is 25.5 Å². The lowest BCUT2D eigenvalue weighted by molar-refractivity contribution is -0.123. The average Bonchev–Trinajstić information content (AvgIpc) is 2.38. The first-order chi connectivity index (χ1) is 8.63. The summed E-state index contributed by atoms with van der Waals surface area (Å²) in [5, 5.41) is 3.16. The Bertz CT molecular complexity index is 451. The third-order valence-electron chi connectivity index (χ3n) is 3.37. The van der Waals surface area contributed by atoms with Gasteiger partial charge in [0.1, 0.15) is 11.6 Å². The zero-order chi connectivity index (χ0) is 13.1. The number of hydrogen-bond donors (Lipinski definition) is 2. The molecule has 1 aliphatic heterocycles. The standard InChI is InChI=1S/C13H17FN2O2/c1-18-8-4-5-9(11(14)7-8)12-10(13(15)17)3-2-6-16-12/h4-5,7,10,12,16H,2-3,6H2,1H3,(H2,15,17). The van der Waals surface area contributed by atoms with Crippen molar-refractivity contribution in [2.24, 2.45) is 11.7 Å². The van der Waals surface area contributed by atoms with Crippen LogP contribution in [0, 0.1) is 11.7 Å². The van der Waals surface area contributed by atoms with Gasteiger partial charge in [-0.25, -0.2) is 4.39 Å². The van der Waals surface area contributed by atoms with Crippen molar-refractivity contribution in [1.82, 2.24) is 5.32 Å². The number of rotatable bonds is 3. The number of hydrogen-bond acceptors (Lipinski definition) is 3. The summed E-state index contributed by atoms with van der Waals surface area (Å²) in [4.78, 5) is 11.4. The molecule has 0 aromatic heterocycles. The summed E-state index contributed by atoms with van der Waals surface area (Å²) in [5.41, 5.74) is 5.85. The molecule has 1 amide bonds. The van der Waals surface area contributed by atoms with E-state index in [1.54, 1.807) is 12.1 Å². The Morgan fingerprint density at radius 3 is 2.94 bits per heavy atom. The molecule has 1 aromatic rings. The predicted octanol–water partition coefficient (Wildman–Crippen LogP) is 1.36. The van der Waals surface area contributed by atoms with E-state index in [1.165, 1.54) is 13.2 Å². The van der Waals surface area contributed by atoms with Gasteiger partial charge in [0.15, 0.2) is 0 Å². The minimum Gasteiger partial charge on any atom is -0.497 e. The highest BCUT2D eigenvalue weighted by molar-refractivity contribution is 5.77. The van der Waals surface area contributed by atoms with Gasteiger partial charge in [-0.15, -0.1) is 0 Å². The largest absolute Gasteiger partial charge is 0.497 e. The molecule has 0 saturated carbocycles. The van der Waals surface area contributed by atoms with E-state index in [1.807, 2.05) is 0 Å². The number of piperidine rings is 1. The number of carbonyl (C=O) groups excluding carboxylic acids is 1. The van der Waals surface area contributed by atoms with Crippen LogP contribution < -0.4 is 15.8 Å². The first-order valence-corrected chi connectivity index (χ1v) is 5.99. The van der Waals surface area contributed by atoms with Crippen LogP contribution in [0.25, 0.3) is 0 Å². The smallest absolute Gasteiger partial charge is 0.222 e. The summed E-state index contributed by atoms with van der Waals surface area (Å²) in [5.74, 6) is -0.660. The Labute approximate surface area is 105 Å². The molecule has 5 heteroatoms. The Morgan fingerprint density at radius 1 is 1.56 bits per heavy atom. The number of benzene rings is 1. The molecule has 2 atom stereocenters. The zero-order valence-electron chi connectivity index (χ0n) is 10.3. The number of ether oxygens (including phenoxy) is 1. The van der Waals surface area contributed by atoms with E-state index in [-0.39, 0.29) is 23.7 Å². The van der Waals surface area contributed by atoms with Gasteiger partial charge < -0.3 is 15.8 Å². The summed E-state index contributed by atoms with van der Waals surface area (Å²) in [7, 11) is 1.49. The number of primary amides is 1. The van der Waals surface area contributed by atoms with Crippen molar-refractivity contribution in [3.63, 3.8) is 0 Å². The number of amides is 1. The van der Waals surface area contributed by atoms with Crippen LogP contribution in [0.15, 0.2) is 18.2 Å². The fourth-order valence-electron chi connectivity index (χ4n) is 2.41. The van der Waals surface area contributed by atoms with Gasteiger partial charge in [0.05, 0.1) is 13.0 Å². The molecule has 0 spiro atoms. The molecule has 1 aromatic carbocycles. The number of methoxy groups -OCH3 is 1. The normalized spacial score (nSPS) is 23.7. The van der Waals surface area contributed by atoms with Crippen molar-refractivity contribution in [3.8, 4) is 5.75 Å². The van der Waals surface area contributed by atoms with Crippen molar-refractivity contribution >= 4 is 5.91 Å². The highest BCUT2D eigenvalue weighted by Crippen LogP contribution is 2.31. The second-order valence-electron chi connectivity index (χ2n) is 4.47. The van der Waals surface area contributed by atoms with Crippen molar-refractivity contribution in [2.45, 2.75) is 18.9 Å². The lowest BCUT2D eigenvalue weighted by Crippen LogP contribution is -2.41. The summed E-state index contributed by atoms with van der Waals surface area (Å²) < 4.78 is 18.9. The molecule has 4 nitrogen and oxygen atoms in total. The van der Waals surface area contributed by atoms with Crippen molar-refractivity contribution in [1.29, 1.82) is 0 Å². The molecule has 1 heterocycles. The quantitative estimate of drug-likeness (QED) is 0.853. The Balaban J connectivity index is 2.31. The molecular weight excluding hydrogens is 235 g/mol. The minimum atomic E-state index is -0.387. The van der Waals surface area contributed by atoms with Crippen molar-refractivity contribution < 1.29 is 13.9 Å². The topological polar surface area (TPSA) is 64.3 Å². The van der Waals surface area contributed by atoms with Gasteiger partial charge >= 0.3 is 0 Å². The summed E-state index contributed by atoms with van der Waals surface area (Å²) >= 11 is 0. The van der Waals surface area contributed by atoms with Crippen LogP contribution in [0.3, 0.4) is 0 Å². The van der Waals surface area contributed by atoms with Gasteiger partial charge in [-0.3, -0.25) is 4.79 Å². The maximum absolute atomic E-state index is 14.0. The van der Waals surface area contributed by atoms with Gasteiger partial charge in [-0.2, -0.15) is 0 Å². The molecule has 0 radical (unpaired) electrons. The van der Waals surface area contributed by atoms with E-state index < -0.39 is 0 Å². The highest BCUT2D eigenvalue weighted by atomic mass is 19.1. The van der Waals surface area contributed by atoms with Crippen LogP contribution >= 0.6 is 0 Å². The SMILES string of the molecule is COc1ccc(C2NCCCC2C(N)=O)c(F)c1. The summed E-state index contributed by atoms with van der Waals surface area (Å²) in [6, 6.07) is 4.31. The average molecular weight is 252 g/mol. The van der Waals surface area contributed by atoms with Gasteiger partial charge in [0.2, 0.25) is 5.91 Å². The Kier molecular flexibility index (Phi) is 3.81. The lowest BCUT2D eigenvalue weighted by atomic mass is 9.85. The second-order valence-corrected chi connectivity index (χ2v) is 4.47. The third-order valence-corrected chi connectivity index (χ3v) is 3.37. The number of nitrogens with one attached hydrogen (secondary N) is 1. The monoisotopic (exact) mass is 252 g/mol. The first kappa shape index (κ1) is 12.8. The van der Waals surface area contributed by atoms with Crippen LogP contribution in [0.2, 0.25) is 0 Å². The predicted molar refractivity (Wildman–Crippen MR) is 65.6 cm³/mol. The van der Waals surface area contributed by atoms with E-state index in [4.69, 9.17) is 10.5 Å². The molecule has 1 saturated heterocycles. The summed E-state index contributed by atoms with van der Waals surface area (Å²) in [6.07, 6.45) is 1.57. The molecule has 98 valence electrons. The van der Waals surface area contributed by atoms with E-state index >= 15 is 0 Å². The Hall–Kier alpha value is -1.62. The molecular formula is C13H17FN2O2. The molecule has 0 aliphatic carbocycles. The third kappa shape index (κ3) is 2.46. The molecule has 2 rings (SSSR count). The maximum atomic E-state index is 14.0. The van der Waals surface area contributed by atoms with Gasteiger partial charge in [0.25, 0.3) is 0 Å². The van der Waals surface area contributed by atoms with E-state index in [2.05, 4.69) is 5.32 Å². The van der Waals surface area contributed by atoms with Crippen molar-refractivity contribution in [2.75, 3.05) is 13.7 Å². The molecule has 2 unspecified atom stereocenters. The highest BCUT2D eigenvalue weighted by Gasteiger charge is 2.31. The molecule has 1 fully saturated rings. The number of nitrogens with two attached hydrogens (primary N) is 1. The molecule has 3 N–H and O–H groups in total. The van der Waals surface area contributed by atoms with Gasteiger partial charge in [0, 0.05) is 17.7 Å². The number of carbonyl (C=O) groups is 1. The first-order valence-electron chi connectivity index (χ1n) is 5.99. The summed E-state index contributed by atoms with van der Waals surface area (Å²) in [6.45, 7) is 0.764. The van der Waals surface area contributed by atoms with Crippen LogP contribution in [-0.2, 0) is 4.79 Å². The second kappa shape index (κ2) is 5.35. The maximum Gasteiger partial charge on any atom is 0.222 e. The van der Waals surface area contributed by atoms with Crippen LogP contribution in [0.4, 0.5) is 4.39 Å². The van der Waals surface area contributed by atoms with Crippen LogP contribution in [-0.4, -0.2) is 19.6 Å². The Morgan fingerprint density at radius 2 is 2.33 bits per heavy atom. The molecule has 0 bridgehead atoms. The number of halogens is 1. The van der Waals surface area contributed by atoms with Crippen molar-refractivity contribution in [3.05, 3.63) is 29.6 Å². The molecule has 1 aliphatic rings. The van der Waals surface area contributed by atoms with E-state index in [9.17, 15) is 9.18 Å². The minimum absolute atomic E-state index is 0.345. The van der Waals surface area contributed by atoms with E-state index in [0.29, 0.717) is 17.7 Å². The molecule has 18 heavy (non-hydrogen) atoms. The fourth-order valence-corrected chi connectivity index (χ4v) is 2.41. The lowest BCUT2D eigenvalue weighted by Gasteiger charge is -2.31. The fraction of sp³-hybridized carbons (Fsp3) is 0.462. The zero-order valence-corrected chi connectivity index (χ0v) is 10.3. The van der Waals surface area contributed by atoms with Crippen LogP contribution in [0.1, 0.15) is 24.4 Å². The van der Waals surface area contributed by atoms with E-state index in [0.717, 1.165) is 13.0 Å².